The number of hydrogen-bond donors (Lipinski definition) is 1. The van der Waals surface area contributed by atoms with E-state index in [-0.39, 0.29) is 0 Å². The van der Waals surface area contributed by atoms with Crippen molar-refractivity contribution in [1.29, 1.82) is 0 Å². The lowest BCUT2D eigenvalue weighted by atomic mass is 10.1. The molecule has 0 saturated carbocycles. The summed E-state index contributed by atoms with van der Waals surface area (Å²) in [5, 5.41) is 3.63. The second-order valence-corrected chi connectivity index (χ2v) is 5.78. The zero-order valence-electron chi connectivity index (χ0n) is 11.3. The Balaban J connectivity index is 2.16. The predicted molar refractivity (Wildman–Crippen MR) is 78.3 cm³/mol. The van der Waals surface area contributed by atoms with Crippen LogP contribution < -0.4 is 14.8 Å². The van der Waals surface area contributed by atoms with Crippen LogP contribution in [0.2, 0.25) is 0 Å². The molecule has 1 saturated heterocycles. The van der Waals surface area contributed by atoms with Gasteiger partial charge >= 0.3 is 0 Å². The van der Waals surface area contributed by atoms with Gasteiger partial charge in [-0.05, 0) is 42.9 Å². The molecule has 0 atom stereocenters. The van der Waals surface area contributed by atoms with Gasteiger partial charge in [0.25, 0.3) is 0 Å². The van der Waals surface area contributed by atoms with Crippen molar-refractivity contribution in [2.75, 3.05) is 31.0 Å². The van der Waals surface area contributed by atoms with E-state index in [2.05, 4.69) is 12.2 Å². The maximum atomic E-state index is 5.35. The molecule has 1 aromatic rings. The van der Waals surface area contributed by atoms with Crippen LogP contribution in [0.4, 0.5) is 5.69 Å². The van der Waals surface area contributed by atoms with Crippen molar-refractivity contribution >= 4 is 17.4 Å². The molecule has 1 aromatic carbocycles. The van der Waals surface area contributed by atoms with Crippen molar-refractivity contribution in [1.82, 2.24) is 0 Å². The maximum Gasteiger partial charge on any atom is 0.162 e. The largest absolute Gasteiger partial charge is 0.493 e. The Morgan fingerprint density at radius 1 is 1.11 bits per heavy atom. The van der Waals surface area contributed by atoms with Gasteiger partial charge in [-0.1, -0.05) is 0 Å². The van der Waals surface area contributed by atoms with Gasteiger partial charge in [-0.3, -0.25) is 0 Å². The number of nitrogens with one attached hydrogen (secondary N) is 1. The minimum atomic E-state index is 0.586. The average Bonchev–Trinajstić information content (AvgIpc) is 2.41. The fourth-order valence-corrected chi connectivity index (χ4v) is 3.30. The zero-order chi connectivity index (χ0) is 13.0. The van der Waals surface area contributed by atoms with Crippen LogP contribution in [-0.4, -0.2) is 31.8 Å². The molecule has 1 aliphatic heterocycles. The monoisotopic (exact) mass is 267 g/mol. The SMILES string of the molecule is COc1cc(C)c(NC2CCSCC2)cc1OC. The van der Waals surface area contributed by atoms with Crippen molar-refractivity contribution in [3.8, 4) is 11.5 Å². The Morgan fingerprint density at radius 3 is 2.33 bits per heavy atom. The maximum absolute atomic E-state index is 5.35. The van der Waals surface area contributed by atoms with Crippen LogP contribution >= 0.6 is 11.8 Å². The normalized spacial score (nSPS) is 16.4. The van der Waals surface area contributed by atoms with E-state index >= 15 is 0 Å². The van der Waals surface area contributed by atoms with Crippen LogP contribution in [0.25, 0.3) is 0 Å². The molecular weight excluding hydrogens is 246 g/mol. The molecule has 3 nitrogen and oxygen atoms in total. The predicted octanol–water partition coefficient (Wildman–Crippen LogP) is 3.32. The Kier molecular flexibility index (Phi) is 4.64. The van der Waals surface area contributed by atoms with Crippen LogP contribution in [-0.2, 0) is 0 Å². The standard InChI is InChI=1S/C14H21NO2S/c1-10-8-13(16-2)14(17-3)9-12(10)15-11-4-6-18-7-5-11/h8-9,11,15H,4-7H2,1-3H3. The Bertz CT molecular complexity index is 403. The molecule has 1 fully saturated rings. The van der Waals surface area contributed by atoms with E-state index in [0.29, 0.717) is 6.04 Å². The van der Waals surface area contributed by atoms with Gasteiger partial charge in [-0.15, -0.1) is 0 Å². The van der Waals surface area contributed by atoms with Crippen molar-refractivity contribution in [3.05, 3.63) is 17.7 Å². The Hall–Kier alpha value is -1.03. The second kappa shape index (κ2) is 6.23. The van der Waals surface area contributed by atoms with E-state index in [9.17, 15) is 0 Å². The fourth-order valence-electron chi connectivity index (χ4n) is 2.20. The summed E-state index contributed by atoms with van der Waals surface area (Å²) < 4.78 is 10.7. The van der Waals surface area contributed by atoms with E-state index in [1.165, 1.54) is 29.9 Å². The van der Waals surface area contributed by atoms with Gasteiger partial charge in [0.05, 0.1) is 14.2 Å². The summed E-state index contributed by atoms with van der Waals surface area (Å²) in [5.41, 5.74) is 2.36. The third kappa shape index (κ3) is 3.05. The lowest BCUT2D eigenvalue weighted by Crippen LogP contribution is -2.24. The number of hydrogen-bond acceptors (Lipinski definition) is 4. The summed E-state index contributed by atoms with van der Waals surface area (Å²) in [6.07, 6.45) is 2.47. The minimum absolute atomic E-state index is 0.586. The van der Waals surface area contributed by atoms with Gasteiger partial charge in [-0.2, -0.15) is 11.8 Å². The topological polar surface area (TPSA) is 30.5 Å². The third-order valence-electron chi connectivity index (χ3n) is 3.31. The van der Waals surface area contributed by atoms with Crippen molar-refractivity contribution in [2.45, 2.75) is 25.8 Å². The molecule has 18 heavy (non-hydrogen) atoms. The van der Waals surface area contributed by atoms with Crippen LogP contribution in [0.15, 0.2) is 12.1 Å². The van der Waals surface area contributed by atoms with Gasteiger partial charge in [0.2, 0.25) is 0 Å². The first-order valence-corrected chi connectivity index (χ1v) is 7.47. The summed E-state index contributed by atoms with van der Waals surface area (Å²) in [5.74, 6) is 4.09. The number of ether oxygens (including phenoxy) is 2. The van der Waals surface area contributed by atoms with E-state index in [1.807, 2.05) is 23.9 Å². The average molecular weight is 267 g/mol. The number of rotatable bonds is 4. The highest BCUT2D eigenvalue weighted by Gasteiger charge is 2.15. The number of anilines is 1. The summed E-state index contributed by atoms with van der Waals surface area (Å²) >= 11 is 2.04. The third-order valence-corrected chi connectivity index (χ3v) is 4.36. The van der Waals surface area contributed by atoms with Gasteiger partial charge < -0.3 is 14.8 Å². The molecule has 0 aliphatic carbocycles. The quantitative estimate of drug-likeness (QED) is 0.906. The molecule has 0 amide bonds. The Labute approximate surface area is 113 Å². The van der Waals surface area contributed by atoms with Crippen LogP contribution in [0, 0.1) is 6.92 Å². The van der Waals surface area contributed by atoms with Crippen LogP contribution in [0.3, 0.4) is 0 Å². The van der Waals surface area contributed by atoms with Gasteiger partial charge in [0, 0.05) is 17.8 Å². The van der Waals surface area contributed by atoms with Gasteiger partial charge in [0.1, 0.15) is 0 Å². The molecular formula is C14H21NO2S. The molecule has 1 N–H and O–H groups in total. The lowest BCUT2D eigenvalue weighted by molar-refractivity contribution is 0.355. The number of aryl methyl sites for hydroxylation is 1. The molecule has 1 heterocycles. The number of benzene rings is 1. The highest BCUT2D eigenvalue weighted by molar-refractivity contribution is 7.99. The smallest absolute Gasteiger partial charge is 0.162 e. The Morgan fingerprint density at radius 2 is 1.72 bits per heavy atom. The molecule has 0 bridgehead atoms. The first-order chi connectivity index (χ1) is 8.74. The van der Waals surface area contributed by atoms with Gasteiger partial charge in [0.15, 0.2) is 11.5 Å². The van der Waals surface area contributed by atoms with E-state index < -0.39 is 0 Å². The van der Waals surface area contributed by atoms with E-state index in [1.54, 1.807) is 14.2 Å². The molecule has 0 aromatic heterocycles. The number of thioether (sulfide) groups is 1. The van der Waals surface area contributed by atoms with Crippen molar-refractivity contribution < 1.29 is 9.47 Å². The van der Waals surface area contributed by atoms with Crippen molar-refractivity contribution in [2.24, 2.45) is 0 Å². The highest BCUT2D eigenvalue weighted by Crippen LogP contribution is 2.34. The first kappa shape index (κ1) is 13.4. The van der Waals surface area contributed by atoms with Crippen molar-refractivity contribution in [3.63, 3.8) is 0 Å². The summed E-state index contributed by atoms with van der Waals surface area (Å²) in [4.78, 5) is 0. The highest BCUT2D eigenvalue weighted by atomic mass is 32.2. The first-order valence-electron chi connectivity index (χ1n) is 6.31. The van der Waals surface area contributed by atoms with E-state index in [0.717, 1.165) is 17.2 Å². The minimum Gasteiger partial charge on any atom is -0.493 e. The molecule has 2 rings (SSSR count). The zero-order valence-corrected chi connectivity index (χ0v) is 12.1. The summed E-state index contributed by atoms with van der Waals surface area (Å²) in [6.45, 7) is 2.10. The molecule has 0 unspecified atom stereocenters. The number of methoxy groups -OCH3 is 2. The molecule has 0 spiro atoms. The molecule has 100 valence electrons. The fraction of sp³-hybridized carbons (Fsp3) is 0.571. The summed E-state index contributed by atoms with van der Waals surface area (Å²) in [7, 11) is 3.34. The van der Waals surface area contributed by atoms with Crippen LogP contribution in [0.1, 0.15) is 18.4 Å². The van der Waals surface area contributed by atoms with Crippen LogP contribution in [0.5, 0.6) is 11.5 Å². The molecule has 4 heteroatoms. The molecule has 0 radical (unpaired) electrons. The van der Waals surface area contributed by atoms with Gasteiger partial charge in [-0.25, -0.2) is 0 Å². The second-order valence-electron chi connectivity index (χ2n) is 4.55. The molecule has 1 aliphatic rings. The summed E-state index contributed by atoms with van der Waals surface area (Å²) in [6, 6.07) is 4.65. The lowest BCUT2D eigenvalue weighted by Gasteiger charge is -2.25. The van der Waals surface area contributed by atoms with E-state index in [4.69, 9.17) is 9.47 Å².